The van der Waals surface area contributed by atoms with Crippen molar-refractivity contribution in [2.24, 2.45) is 0 Å². The van der Waals surface area contributed by atoms with Crippen LogP contribution in [-0.2, 0) is 11.2 Å². The van der Waals surface area contributed by atoms with Crippen LogP contribution in [0.15, 0.2) is 53.0 Å². The molecule has 0 aliphatic carbocycles. The first-order valence-electron chi connectivity index (χ1n) is 9.01. The summed E-state index contributed by atoms with van der Waals surface area (Å²) >= 11 is 3.36. The molecule has 3 aromatic rings. The molecule has 2 amide bonds. The van der Waals surface area contributed by atoms with Gasteiger partial charge in [0.05, 0.1) is 20.6 Å². The van der Waals surface area contributed by atoms with Crippen molar-refractivity contribution in [3.05, 3.63) is 70.1 Å². The molecule has 0 aliphatic rings. The Bertz CT molecular complexity index is 1090. The van der Waals surface area contributed by atoms with Crippen LogP contribution in [0.25, 0.3) is 11.4 Å². The van der Waals surface area contributed by atoms with E-state index in [-0.39, 0.29) is 29.6 Å². The quantitative estimate of drug-likeness (QED) is 0.517. The lowest BCUT2D eigenvalue weighted by Gasteiger charge is -2.13. The third kappa shape index (κ3) is 5.54. The fourth-order valence-corrected chi connectivity index (χ4v) is 2.92. The van der Waals surface area contributed by atoms with Crippen molar-refractivity contribution in [3.63, 3.8) is 0 Å². The lowest BCUT2D eigenvalue weighted by atomic mass is 10.1. The van der Waals surface area contributed by atoms with Crippen molar-refractivity contribution in [2.45, 2.75) is 6.42 Å². The zero-order valence-corrected chi connectivity index (χ0v) is 18.2. The molecule has 1 heterocycles. The molecule has 3 rings (SSSR count). The summed E-state index contributed by atoms with van der Waals surface area (Å²) in [7, 11) is 2.74. The van der Waals surface area contributed by atoms with Crippen molar-refractivity contribution >= 4 is 27.7 Å². The minimum atomic E-state index is -0.719. The predicted molar refractivity (Wildman–Crippen MR) is 114 cm³/mol. The number of hydrogen-bond acceptors (Lipinski definition) is 6. The third-order valence-corrected chi connectivity index (χ3v) is 4.67. The van der Waals surface area contributed by atoms with E-state index in [4.69, 9.17) is 9.47 Å². The molecule has 2 N–H and O–H groups in total. The summed E-state index contributed by atoms with van der Waals surface area (Å²) in [5.74, 6) is -1.28. The van der Waals surface area contributed by atoms with Gasteiger partial charge in [-0.3, -0.25) is 20.4 Å². The minimum absolute atomic E-state index is 0.0219. The van der Waals surface area contributed by atoms with Gasteiger partial charge in [0.2, 0.25) is 11.7 Å². The second-order valence-corrected chi connectivity index (χ2v) is 7.17. The molecule has 31 heavy (non-hydrogen) atoms. The Morgan fingerprint density at radius 3 is 2.26 bits per heavy atom. The first-order valence-corrected chi connectivity index (χ1v) is 9.80. The molecule has 0 atom stereocenters. The molecule has 0 unspecified atom stereocenters. The summed E-state index contributed by atoms with van der Waals surface area (Å²) in [6, 6.07) is 12.6. The molecule has 160 valence electrons. The van der Waals surface area contributed by atoms with Crippen LogP contribution in [0.1, 0.15) is 16.1 Å². The summed E-state index contributed by atoms with van der Waals surface area (Å²) in [6.45, 7) is 0. The van der Waals surface area contributed by atoms with E-state index in [1.807, 2.05) is 12.1 Å². The van der Waals surface area contributed by atoms with E-state index in [0.717, 1.165) is 4.47 Å². The zero-order chi connectivity index (χ0) is 22.4. The van der Waals surface area contributed by atoms with E-state index >= 15 is 0 Å². The van der Waals surface area contributed by atoms with E-state index in [1.165, 1.54) is 38.5 Å². The van der Waals surface area contributed by atoms with Gasteiger partial charge in [0.1, 0.15) is 5.82 Å². The monoisotopic (exact) mass is 488 g/mol. The van der Waals surface area contributed by atoms with Gasteiger partial charge in [-0.1, -0.05) is 40.2 Å². The summed E-state index contributed by atoms with van der Waals surface area (Å²) in [5, 5.41) is 0. The minimum Gasteiger partial charge on any atom is -0.489 e. The summed E-state index contributed by atoms with van der Waals surface area (Å²) < 4.78 is 24.3. The molecule has 1 aromatic heterocycles. The maximum atomic E-state index is 13.0. The Balaban J connectivity index is 1.79. The third-order valence-electron chi connectivity index (χ3n) is 4.14. The number of amides is 2. The number of carbonyl (C=O) groups is 2. The second kappa shape index (κ2) is 9.98. The van der Waals surface area contributed by atoms with Gasteiger partial charge in [-0.15, -0.1) is 0 Å². The highest BCUT2D eigenvalue weighted by Gasteiger charge is 2.23. The first kappa shape index (κ1) is 22.2. The van der Waals surface area contributed by atoms with Crippen molar-refractivity contribution in [2.75, 3.05) is 14.2 Å². The Hall–Kier alpha value is -3.53. The largest absolute Gasteiger partial charge is 0.489 e. The molecular weight excluding hydrogens is 471 g/mol. The van der Waals surface area contributed by atoms with Gasteiger partial charge in [0.25, 0.3) is 11.8 Å². The van der Waals surface area contributed by atoms with Crippen molar-refractivity contribution in [1.82, 2.24) is 20.8 Å². The van der Waals surface area contributed by atoms with Crippen LogP contribution in [0.2, 0.25) is 0 Å². The predicted octanol–water partition coefficient (Wildman–Crippen LogP) is 3.07. The number of benzene rings is 2. The summed E-state index contributed by atoms with van der Waals surface area (Å²) in [5.41, 5.74) is 5.73. The Labute approximate surface area is 185 Å². The Morgan fingerprint density at radius 2 is 1.65 bits per heavy atom. The van der Waals surface area contributed by atoms with Crippen LogP contribution >= 0.6 is 15.9 Å². The van der Waals surface area contributed by atoms with E-state index in [9.17, 15) is 14.0 Å². The number of aromatic nitrogens is 2. The van der Waals surface area contributed by atoms with E-state index in [1.54, 1.807) is 12.1 Å². The topological polar surface area (TPSA) is 102 Å². The number of hydrogen-bond donors (Lipinski definition) is 2. The fourth-order valence-electron chi connectivity index (χ4n) is 2.65. The van der Waals surface area contributed by atoms with Crippen molar-refractivity contribution in [1.29, 1.82) is 0 Å². The number of hydrazine groups is 1. The maximum Gasteiger partial charge on any atom is 0.292 e. The molecule has 0 saturated heterocycles. The molecule has 0 bridgehead atoms. The van der Waals surface area contributed by atoms with Gasteiger partial charge in [-0.25, -0.2) is 9.37 Å². The molecule has 0 radical (unpaired) electrons. The molecule has 0 saturated carbocycles. The molecule has 10 heteroatoms. The van der Waals surface area contributed by atoms with Crippen LogP contribution in [0.3, 0.4) is 0 Å². The normalized spacial score (nSPS) is 10.3. The second-order valence-electron chi connectivity index (χ2n) is 6.25. The van der Waals surface area contributed by atoms with Gasteiger partial charge in [-0.05, 0) is 29.8 Å². The first-order chi connectivity index (χ1) is 14.9. The van der Waals surface area contributed by atoms with Crippen LogP contribution in [0, 0.1) is 5.82 Å². The van der Waals surface area contributed by atoms with Crippen LogP contribution in [-0.4, -0.2) is 36.0 Å². The summed E-state index contributed by atoms with van der Waals surface area (Å²) in [4.78, 5) is 33.4. The van der Waals surface area contributed by atoms with E-state index in [2.05, 4.69) is 36.7 Å². The van der Waals surface area contributed by atoms with E-state index < -0.39 is 17.6 Å². The maximum absolute atomic E-state index is 13.0. The smallest absolute Gasteiger partial charge is 0.292 e. The fraction of sp³-hybridized carbons (Fsp3) is 0.143. The number of nitrogens with zero attached hydrogens (tertiary/aromatic N) is 2. The van der Waals surface area contributed by atoms with Gasteiger partial charge < -0.3 is 9.47 Å². The highest BCUT2D eigenvalue weighted by atomic mass is 79.9. The highest BCUT2D eigenvalue weighted by Crippen LogP contribution is 2.31. The number of methoxy groups -OCH3 is 2. The van der Waals surface area contributed by atoms with Crippen molar-refractivity contribution < 1.29 is 23.5 Å². The Morgan fingerprint density at radius 1 is 0.968 bits per heavy atom. The number of carbonyl (C=O) groups excluding carboxylic acids is 2. The number of halogens is 2. The Kier molecular flexibility index (Phi) is 7.14. The zero-order valence-electron chi connectivity index (χ0n) is 16.6. The van der Waals surface area contributed by atoms with Gasteiger partial charge in [0, 0.05) is 10.0 Å². The molecular formula is C21H18BrFN4O4. The number of rotatable bonds is 6. The van der Waals surface area contributed by atoms with Crippen LogP contribution < -0.4 is 20.3 Å². The van der Waals surface area contributed by atoms with E-state index in [0.29, 0.717) is 11.1 Å². The molecule has 8 nitrogen and oxygen atoms in total. The van der Waals surface area contributed by atoms with Crippen LogP contribution in [0.4, 0.5) is 4.39 Å². The van der Waals surface area contributed by atoms with Crippen molar-refractivity contribution in [3.8, 4) is 23.0 Å². The van der Waals surface area contributed by atoms with Crippen LogP contribution in [0.5, 0.6) is 11.6 Å². The number of nitrogens with one attached hydrogen (secondary N) is 2. The average molecular weight is 489 g/mol. The van der Waals surface area contributed by atoms with Gasteiger partial charge in [0.15, 0.2) is 11.5 Å². The molecule has 0 aliphatic heterocycles. The summed E-state index contributed by atoms with van der Waals surface area (Å²) in [6.07, 6.45) is -0.0467. The standard InChI is InChI=1S/C21H18BrFN4O4/c1-30-18-17(20(29)27-26-16(28)11-12-3-9-15(23)10-4-12)24-19(25-21(18)31-2)13-5-7-14(22)8-6-13/h3-10H,11H2,1-2H3,(H,26,28)(H,27,29). The SMILES string of the molecule is COc1nc(-c2ccc(Br)cc2)nc(C(=O)NNC(=O)Cc2ccc(F)cc2)c1OC. The lowest BCUT2D eigenvalue weighted by Crippen LogP contribution is -2.42. The van der Waals surface area contributed by atoms with Gasteiger partial charge >= 0.3 is 0 Å². The molecule has 0 spiro atoms. The molecule has 0 fully saturated rings. The lowest BCUT2D eigenvalue weighted by molar-refractivity contribution is -0.121. The average Bonchev–Trinajstić information content (AvgIpc) is 2.78. The highest BCUT2D eigenvalue weighted by molar-refractivity contribution is 9.10. The number of ether oxygens (including phenoxy) is 2. The van der Waals surface area contributed by atoms with Gasteiger partial charge in [-0.2, -0.15) is 4.98 Å². The molecule has 2 aromatic carbocycles.